The number of hydrogen-bond donors (Lipinski definition) is 1. The molecule has 0 bridgehead atoms. The fourth-order valence-corrected chi connectivity index (χ4v) is 2.12. The molecule has 0 radical (unpaired) electrons. The van der Waals surface area contributed by atoms with Crippen molar-refractivity contribution in [3.05, 3.63) is 21.7 Å². The van der Waals surface area contributed by atoms with Crippen LogP contribution in [-0.2, 0) is 9.53 Å². The predicted molar refractivity (Wildman–Crippen MR) is 85.3 cm³/mol. The van der Waals surface area contributed by atoms with Gasteiger partial charge in [-0.1, -0.05) is 26.1 Å². The number of aromatic nitrogens is 2. The van der Waals surface area contributed by atoms with Crippen molar-refractivity contribution in [2.75, 3.05) is 6.61 Å². The second kappa shape index (κ2) is 8.84. The Balaban J connectivity index is 2.27. The van der Waals surface area contributed by atoms with Gasteiger partial charge in [0.25, 0.3) is 0 Å². The van der Waals surface area contributed by atoms with E-state index in [0.29, 0.717) is 22.4 Å². The largest absolute Gasteiger partial charge is 0.465 e. The van der Waals surface area contributed by atoms with Crippen LogP contribution in [0.25, 0.3) is 0 Å². The third kappa shape index (κ3) is 6.31. The molecular formula is C14H20N2O3S2. The highest BCUT2D eigenvalue weighted by molar-refractivity contribution is 7.72. The van der Waals surface area contributed by atoms with Crippen molar-refractivity contribution < 1.29 is 14.3 Å². The number of hydrogen-bond acceptors (Lipinski definition) is 5. The molecule has 1 aromatic rings. The average Bonchev–Trinajstić information content (AvgIpc) is 2.41. The van der Waals surface area contributed by atoms with Crippen molar-refractivity contribution in [1.82, 2.24) is 9.55 Å². The molecule has 116 valence electrons. The first-order valence-electron chi connectivity index (χ1n) is 6.93. The van der Waals surface area contributed by atoms with Crippen LogP contribution in [0.15, 0.2) is 12.3 Å². The summed E-state index contributed by atoms with van der Waals surface area (Å²) in [5, 5.41) is 0. The highest BCUT2D eigenvalue weighted by Gasteiger charge is 2.08. The Morgan fingerprint density at radius 3 is 2.62 bits per heavy atom. The van der Waals surface area contributed by atoms with Crippen LogP contribution in [-0.4, -0.2) is 28.0 Å². The van der Waals surface area contributed by atoms with Crippen molar-refractivity contribution in [2.45, 2.75) is 39.5 Å². The molecular weight excluding hydrogens is 308 g/mol. The molecule has 7 heteroatoms. The van der Waals surface area contributed by atoms with Crippen LogP contribution in [0.1, 0.15) is 44.3 Å². The molecule has 0 atom stereocenters. The molecule has 5 nitrogen and oxygen atoms in total. The lowest BCUT2D eigenvalue weighted by Crippen LogP contribution is -2.13. The number of rotatable bonds is 7. The van der Waals surface area contributed by atoms with Crippen LogP contribution < -0.4 is 0 Å². The highest BCUT2D eigenvalue weighted by Crippen LogP contribution is 2.05. The minimum absolute atomic E-state index is 0.0644. The lowest BCUT2D eigenvalue weighted by atomic mass is 10.2. The van der Waals surface area contributed by atoms with Gasteiger partial charge in [0.05, 0.1) is 12.5 Å². The number of H-pyrrole nitrogens is 1. The second-order valence-corrected chi connectivity index (χ2v) is 5.83. The standard InChI is InChI=1S/C14H20N2O3S2/c1-10(2)13(18)19-9-5-3-4-6-12(17)16-8-7-11(20)15-14(16)21/h7-8,10H,3-6,9H2,1-2H3,(H,15,20,21). The highest BCUT2D eigenvalue weighted by atomic mass is 32.1. The summed E-state index contributed by atoms with van der Waals surface area (Å²) >= 11 is 9.98. The summed E-state index contributed by atoms with van der Waals surface area (Å²) in [5.74, 6) is -0.348. The number of esters is 1. The van der Waals surface area contributed by atoms with E-state index in [9.17, 15) is 9.59 Å². The molecule has 0 spiro atoms. The minimum Gasteiger partial charge on any atom is -0.465 e. The number of aromatic amines is 1. The number of unbranched alkanes of at least 4 members (excludes halogenated alkanes) is 2. The molecule has 0 aliphatic rings. The smallest absolute Gasteiger partial charge is 0.308 e. The van der Waals surface area contributed by atoms with E-state index >= 15 is 0 Å². The van der Waals surface area contributed by atoms with Gasteiger partial charge in [0, 0.05) is 12.6 Å². The molecule has 0 amide bonds. The first-order valence-corrected chi connectivity index (χ1v) is 7.75. The molecule has 1 aromatic heterocycles. The van der Waals surface area contributed by atoms with Crippen LogP contribution in [0.4, 0.5) is 0 Å². The maximum atomic E-state index is 12.0. The molecule has 0 aliphatic carbocycles. The predicted octanol–water partition coefficient (Wildman–Crippen LogP) is 3.67. The SMILES string of the molecule is CC(C)C(=O)OCCCCCC(=O)n1ccc(=S)[nH]c1=S. The minimum atomic E-state index is -0.183. The maximum absolute atomic E-state index is 12.0. The summed E-state index contributed by atoms with van der Waals surface area (Å²) in [6, 6.07) is 1.63. The Kier molecular flexibility index (Phi) is 7.45. The van der Waals surface area contributed by atoms with Gasteiger partial charge in [-0.05, 0) is 37.5 Å². The fourth-order valence-electron chi connectivity index (χ4n) is 1.63. The van der Waals surface area contributed by atoms with Crippen LogP contribution in [0.3, 0.4) is 0 Å². The summed E-state index contributed by atoms with van der Waals surface area (Å²) in [7, 11) is 0. The zero-order valence-corrected chi connectivity index (χ0v) is 13.9. The van der Waals surface area contributed by atoms with Crippen LogP contribution in [0.2, 0.25) is 0 Å². The molecule has 1 rings (SSSR count). The quantitative estimate of drug-likeness (QED) is 0.470. The first kappa shape index (κ1) is 17.7. The summed E-state index contributed by atoms with van der Waals surface area (Å²) < 4.78 is 7.29. The second-order valence-electron chi connectivity index (χ2n) is 5.01. The molecule has 1 N–H and O–H groups in total. The third-order valence-electron chi connectivity index (χ3n) is 2.84. The van der Waals surface area contributed by atoms with Gasteiger partial charge in [-0.2, -0.15) is 0 Å². The monoisotopic (exact) mass is 328 g/mol. The van der Waals surface area contributed by atoms with Gasteiger partial charge in [-0.25, -0.2) is 0 Å². The summed E-state index contributed by atoms with van der Waals surface area (Å²) in [6.07, 6.45) is 4.31. The van der Waals surface area contributed by atoms with Crippen LogP contribution in [0, 0.1) is 15.3 Å². The van der Waals surface area contributed by atoms with Gasteiger partial charge < -0.3 is 9.72 Å². The summed E-state index contributed by atoms with van der Waals surface area (Å²) in [4.78, 5) is 26.0. The van der Waals surface area contributed by atoms with Gasteiger partial charge in [0.2, 0.25) is 5.91 Å². The van der Waals surface area contributed by atoms with Gasteiger partial charge in [-0.15, -0.1) is 0 Å². The van der Waals surface area contributed by atoms with Crippen molar-refractivity contribution in [3.63, 3.8) is 0 Å². The van der Waals surface area contributed by atoms with E-state index in [-0.39, 0.29) is 17.8 Å². The average molecular weight is 328 g/mol. The van der Waals surface area contributed by atoms with E-state index in [4.69, 9.17) is 29.2 Å². The van der Waals surface area contributed by atoms with Gasteiger partial charge in [0.15, 0.2) is 4.77 Å². The lowest BCUT2D eigenvalue weighted by molar-refractivity contribution is -0.147. The van der Waals surface area contributed by atoms with E-state index in [1.54, 1.807) is 26.1 Å². The van der Waals surface area contributed by atoms with E-state index in [2.05, 4.69) is 4.98 Å². The Morgan fingerprint density at radius 1 is 1.29 bits per heavy atom. The Bertz CT molecular complexity index is 605. The normalized spacial score (nSPS) is 10.6. The zero-order valence-electron chi connectivity index (χ0n) is 12.3. The molecule has 21 heavy (non-hydrogen) atoms. The maximum Gasteiger partial charge on any atom is 0.308 e. The van der Waals surface area contributed by atoms with E-state index < -0.39 is 0 Å². The summed E-state index contributed by atoms with van der Waals surface area (Å²) in [5.41, 5.74) is 0. The Morgan fingerprint density at radius 2 is 2.00 bits per heavy atom. The Labute approximate surface area is 134 Å². The molecule has 0 aliphatic heterocycles. The van der Waals surface area contributed by atoms with Crippen molar-refractivity contribution in [3.8, 4) is 0 Å². The molecule has 0 unspecified atom stereocenters. The number of carbonyl (C=O) groups excluding carboxylic acids is 2. The van der Waals surface area contributed by atoms with Gasteiger partial charge in [0.1, 0.15) is 4.64 Å². The number of nitrogens with zero attached hydrogens (tertiary/aromatic N) is 1. The van der Waals surface area contributed by atoms with E-state index in [0.717, 1.165) is 19.3 Å². The lowest BCUT2D eigenvalue weighted by Gasteiger charge is -2.07. The number of ether oxygens (including phenoxy) is 1. The number of carbonyl (C=O) groups is 2. The first-order chi connectivity index (χ1) is 9.91. The van der Waals surface area contributed by atoms with Crippen molar-refractivity contribution in [2.24, 2.45) is 5.92 Å². The molecule has 0 saturated heterocycles. The van der Waals surface area contributed by atoms with Crippen molar-refractivity contribution >= 4 is 36.3 Å². The molecule has 0 saturated carbocycles. The summed E-state index contributed by atoms with van der Waals surface area (Å²) in [6.45, 7) is 4.01. The number of nitrogens with one attached hydrogen (secondary N) is 1. The van der Waals surface area contributed by atoms with Gasteiger partial charge in [-0.3, -0.25) is 14.2 Å². The van der Waals surface area contributed by atoms with Crippen LogP contribution in [0.5, 0.6) is 0 Å². The molecule has 0 aromatic carbocycles. The van der Waals surface area contributed by atoms with E-state index in [1.165, 1.54) is 4.57 Å². The molecule has 0 fully saturated rings. The van der Waals surface area contributed by atoms with Crippen LogP contribution >= 0.6 is 24.4 Å². The van der Waals surface area contributed by atoms with E-state index in [1.807, 2.05) is 0 Å². The third-order valence-corrected chi connectivity index (χ3v) is 3.38. The topological polar surface area (TPSA) is 64.1 Å². The molecule has 1 heterocycles. The zero-order chi connectivity index (χ0) is 15.8. The van der Waals surface area contributed by atoms with Gasteiger partial charge >= 0.3 is 5.97 Å². The Hall–Kier alpha value is -1.34. The fraction of sp³-hybridized carbons (Fsp3) is 0.571. The van der Waals surface area contributed by atoms with Crippen molar-refractivity contribution in [1.29, 1.82) is 0 Å².